The minimum Gasteiger partial charge on any atom is -0.480 e. The lowest BCUT2D eigenvalue weighted by atomic mass is 10.4. The van der Waals surface area contributed by atoms with Crippen LogP contribution in [0.15, 0.2) is 10.7 Å². The number of halogens is 1. The Morgan fingerprint density at radius 1 is 1.47 bits per heavy atom. The summed E-state index contributed by atoms with van der Waals surface area (Å²) < 4.78 is 5.95. The van der Waals surface area contributed by atoms with Crippen molar-refractivity contribution in [3.8, 4) is 5.88 Å². The first-order chi connectivity index (χ1) is 8.22. The van der Waals surface area contributed by atoms with E-state index < -0.39 is 0 Å². The molecule has 1 N–H and O–H groups in total. The minimum atomic E-state index is 0.570. The van der Waals surface area contributed by atoms with Gasteiger partial charge >= 0.3 is 0 Å². The Bertz CT molecular complexity index is 348. The van der Waals surface area contributed by atoms with E-state index in [4.69, 9.17) is 4.74 Å². The number of likely N-dealkylation sites (N-methyl/N-ethyl adjacent to an activating group) is 1. The lowest BCUT2D eigenvalue weighted by Gasteiger charge is -2.22. The Labute approximate surface area is 111 Å². The standard InChI is InChI=1S/C11H19BrN4O/c1-4-6-16(7-5-13-2)11-14-8-9(12)10(15-11)17-3/h8,13H,4-7H2,1-3H3. The highest BCUT2D eigenvalue weighted by atomic mass is 79.9. The van der Waals surface area contributed by atoms with Crippen molar-refractivity contribution >= 4 is 21.9 Å². The molecule has 1 aromatic heterocycles. The molecule has 1 rings (SSSR count). The molecular weight excluding hydrogens is 284 g/mol. The summed E-state index contributed by atoms with van der Waals surface area (Å²) in [6, 6.07) is 0. The van der Waals surface area contributed by atoms with Gasteiger partial charge in [-0.15, -0.1) is 0 Å². The van der Waals surface area contributed by atoms with Gasteiger partial charge in [-0.1, -0.05) is 6.92 Å². The SMILES string of the molecule is CCCN(CCNC)c1ncc(Br)c(OC)n1. The fourth-order valence-electron chi connectivity index (χ4n) is 1.47. The number of ether oxygens (including phenoxy) is 1. The van der Waals surface area contributed by atoms with Gasteiger partial charge in [0.05, 0.1) is 17.8 Å². The van der Waals surface area contributed by atoms with E-state index in [0.29, 0.717) is 11.8 Å². The van der Waals surface area contributed by atoms with Crippen LogP contribution in [0.25, 0.3) is 0 Å². The largest absolute Gasteiger partial charge is 0.480 e. The molecule has 0 saturated carbocycles. The minimum absolute atomic E-state index is 0.570. The molecule has 0 aliphatic rings. The second kappa shape index (κ2) is 7.45. The van der Waals surface area contributed by atoms with E-state index in [1.807, 2.05) is 7.05 Å². The third-order valence-corrected chi connectivity index (χ3v) is 2.84. The number of aromatic nitrogens is 2. The fourth-order valence-corrected chi connectivity index (χ4v) is 1.82. The van der Waals surface area contributed by atoms with E-state index in [1.165, 1.54) is 0 Å². The summed E-state index contributed by atoms with van der Waals surface area (Å²) in [4.78, 5) is 10.8. The monoisotopic (exact) mass is 302 g/mol. The Balaban J connectivity index is 2.85. The van der Waals surface area contributed by atoms with Crippen LogP contribution in [0.4, 0.5) is 5.95 Å². The average molecular weight is 303 g/mol. The summed E-state index contributed by atoms with van der Waals surface area (Å²) in [7, 11) is 3.54. The highest BCUT2D eigenvalue weighted by Crippen LogP contribution is 2.23. The predicted molar refractivity (Wildman–Crippen MR) is 72.7 cm³/mol. The summed E-state index contributed by atoms with van der Waals surface area (Å²) in [5.41, 5.74) is 0. The van der Waals surface area contributed by atoms with Gasteiger partial charge in [-0.3, -0.25) is 0 Å². The molecule has 0 atom stereocenters. The van der Waals surface area contributed by atoms with Gasteiger partial charge in [0.1, 0.15) is 0 Å². The molecule has 0 radical (unpaired) electrons. The summed E-state index contributed by atoms with van der Waals surface area (Å²) in [5, 5.41) is 3.13. The topological polar surface area (TPSA) is 50.3 Å². The van der Waals surface area contributed by atoms with E-state index in [0.717, 1.165) is 30.5 Å². The number of nitrogens with one attached hydrogen (secondary N) is 1. The zero-order valence-corrected chi connectivity index (χ0v) is 12.1. The molecule has 96 valence electrons. The number of methoxy groups -OCH3 is 1. The smallest absolute Gasteiger partial charge is 0.232 e. The van der Waals surface area contributed by atoms with Crippen molar-refractivity contribution in [3.05, 3.63) is 10.7 Å². The van der Waals surface area contributed by atoms with Crippen LogP contribution in [-0.2, 0) is 0 Å². The van der Waals surface area contributed by atoms with Gasteiger partial charge < -0.3 is 15.0 Å². The molecule has 0 aliphatic carbocycles. The van der Waals surface area contributed by atoms with E-state index in [-0.39, 0.29) is 0 Å². The van der Waals surface area contributed by atoms with Crippen molar-refractivity contribution in [2.45, 2.75) is 13.3 Å². The molecule has 0 saturated heterocycles. The van der Waals surface area contributed by atoms with Crippen LogP contribution in [0, 0.1) is 0 Å². The van der Waals surface area contributed by atoms with Crippen LogP contribution in [-0.4, -0.2) is 43.8 Å². The highest BCUT2D eigenvalue weighted by Gasteiger charge is 2.11. The maximum absolute atomic E-state index is 5.18. The van der Waals surface area contributed by atoms with Crippen molar-refractivity contribution in [1.29, 1.82) is 0 Å². The molecule has 0 amide bonds. The quantitative estimate of drug-likeness (QED) is 0.830. The summed E-state index contributed by atoms with van der Waals surface area (Å²) in [6.45, 7) is 4.87. The Morgan fingerprint density at radius 3 is 2.82 bits per heavy atom. The number of nitrogens with zero attached hydrogens (tertiary/aromatic N) is 3. The van der Waals surface area contributed by atoms with Crippen LogP contribution >= 0.6 is 15.9 Å². The average Bonchev–Trinajstić information content (AvgIpc) is 2.35. The Kier molecular flexibility index (Phi) is 6.21. The molecular formula is C11H19BrN4O. The molecule has 0 spiro atoms. The number of hydrogen-bond acceptors (Lipinski definition) is 5. The van der Waals surface area contributed by atoms with Gasteiger partial charge in [-0.2, -0.15) is 4.98 Å². The van der Waals surface area contributed by atoms with Crippen LogP contribution in [0.5, 0.6) is 5.88 Å². The van der Waals surface area contributed by atoms with Gasteiger partial charge in [0.15, 0.2) is 0 Å². The first-order valence-corrected chi connectivity index (χ1v) is 6.48. The number of rotatable bonds is 7. The highest BCUT2D eigenvalue weighted by molar-refractivity contribution is 9.10. The van der Waals surface area contributed by atoms with Crippen LogP contribution in [0.1, 0.15) is 13.3 Å². The number of hydrogen-bond donors (Lipinski definition) is 1. The summed E-state index contributed by atoms with van der Waals surface area (Å²) in [6.07, 6.45) is 2.79. The predicted octanol–water partition coefficient (Wildman–Crippen LogP) is 1.68. The van der Waals surface area contributed by atoms with Gasteiger partial charge in [0.25, 0.3) is 0 Å². The molecule has 1 aromatic rings. The van der Waals surface area contributed by atoms with Gasteiger partial charge in [0.2, 0.25) is 11.8 Å². The van der Waals surface area contributed by atoms with Crippen molar-refractivity contribution in [1.82, 2.24) is 15.3 Å². The van der Waals surface area contributed by atoms with E-state index >= 15 is 0 Å². The second-order valence-corrected chi connectivity index (χ2v) is 4.47. The molecule has 0 unspecified atom stereocenters. The Hall–Kier alpha value is -0.880. The summed E-state index contributed by atoms with van der Waals surface area (Å²) in [5.74, 6) is 1.28. The Morgan fingerprint density at radius 2 is 2.24 bits per heavy atom. The van der Waals surface area contributed by atoms with Crippen molar-refractivity contribution in [2.75, 3.05) is 38.7 Å². The van der Waals surface area contributed by atoms with Gasteiger partial charge in [-0.05, 0) is 29.4 Å². The van der Waals surface area contributed by atoms with Crippen molar-refractivity contribution in [3.63, 3.8) is 0 Å². The molecule has 6 heteroatoms. The molecule has 5 nitrogen and oxygen atoms in total. The number of anilines is 1. The second-order valence-electron chi connectivity index (χ2n) is 3.62. The lowest BCUT2D eigenvalue weighted by molar-refractivity contribution is 0.393. The molecule has 1 heterocycles. The zero-order chi connectivity index (χ0) is 12.7. The van der Waals surface area contributed by atoms with Crippen LogP contribution in [0.3, 0.4) is 0 Å². The van der Waals surface area contributed by atoms with E-state index in [2.05, 4.69) is 43.0 Å². The fraction of sp³-hybridized carbons (Fsp3) is 0.636. The first kappa shape index (κ1) is 14.2. The molecule has 0 fully saturated rings. The molecule has 0 aliphatic heterocycles. The van der Waals surface area contributed by atoms with Crippen molar-refractivity contribution < 1.29 is 4.74 Å². The third-order valence-electron chi connectivity index (χ3n) is 2.30. The van der Waals surface area contributed by atoms with E-state index in [1.54, 1.807) is 13.3 Å². The molecule has 0 bridgehead atoms. The maximum Gasteiger partial charge on any atom is 0.232 e. The zero-order valence-electron chi connectivity index (χ0n) is 10.5. The van der Waals surface area contributed by atoms with Crippen LogP contribution < -0.4 is 15.0 Å². The van der Waals surface area contributed by atoms with Gasteiger partial charge in [0, 0.05) is 19.6 Å². The first-order valence-electron chi connectivity index (χ1n) is 5.69. The molecule has 0 aromatic carbocycles. The van der Waals surface area contributed by atoms with Crippen molar-refractivity contribution in [2.24, 2.45) is 0 Å². The van der Waals surface area contributed by atoms with E-state index in [9.17, 15) is 0 Å². The van der Waals surface area contributed by atoms with Gasteiger partial charge in [-0.25, -0.2) is 4.98 Å². The molecule has 17 heavy (non-hydrogen) atoms. The lowest BCUT2D eigenvalue weighted by Crippen LogP contribution is -2.32. The third kappa shape index (κ3) is 4.12. The maximum atomic E-state index is 5.18. The normalized spacial score (nSPS) is 10.4. The summed E-state index contributed by atoms with van der Waals surface area (Å²) >= 11 is 3.35. The van der Waals surface area contributed by atoms with Crippen LogP contribution in [0.2, 0.25) is 0 Å².